The third kappa shape index (κ3) is 5.06. The highest BCUT2D eigenvalue weighted by atomic mass is 79.9. The van der Waals surface area contributed by atoms with Gasteiger partial charge in [-0.1, -0.05) is 64.1 Å². The summed E-state index contributed by atoms with van der Waals surface area (Å²) < 4.78 is 1.11. The maximum atomic E-state index is 3.73. The first-order chi connectivity index (χ1) is 12.2. The molecule has 0 fully saturated rings. The predicted molar refractivity (Wildman–Crippen MR) is 127 cm³/mol. The molecule has 128 valence electrons. The second kappa shape index (κ2) is 10.2. The van der Waals surface area contributed by atoms with Crippen molar-refractivity contribution in [3.63, 3.8) is 0 Å². The maximum absolute atomic E-state index is 3.73. The van der Waals surface area contributed by atoms with Gasteiger partial charge < -0.3 is 0 Å². The second-order valence-corrected chi connectivity index (χ2v) is 11.0. The van der Waals surface area contributed by atoms with Crippen LogP contribution in [0, 0.1) is 0 Å². The van der Waals surface area contributed by atoms with Crippen molar-refractivity contribution in [1.29, 1.82) is 0 Å². The number of halogens is 3. The Bertz CT molecular complexity index is 870. The van der Waals surface area contributed by atoms with Crippen LogP contribution in [0.2, 0.25) is 0 Å². The molecule has 0 amide bonds. The van der Waals surface area contributed by atoms with Crippen molar-refractivity contribution in [2.24, 2.45) is 0 Å². The molecular formula is C18H11Br3S4. The van der Waals surface area contributed by atoms with Gasteiger partial charge in [-0.25, -0.2) is 0 Å². The quantitative estimate of drug-likeness (QED) is 0.260. The molecule has 0 aliphatic carbocycles. The summed E-state index contributed by atoms with van der Waals surface area (Å²) in [5.41, 5.74) is 2.47. The zero-order valence-corrected chi connectivity index (χ0v) is 20.6. The van der Waals surface area contributed by atoms with Gasteiger partial charge in [0.2, 0.25) is 0 Å². The van der Waals surface area contributed by atoms with Crippen molar-refractivity contribution >= 4 is 87.5 Å². The molecule has 0 heterocycles. The summed E-state index contributed by atoms with van der Waals surface area (Å²) in [5.74, 6) is 0. The molecule has 0 unspecified atom stereocenters. The zero-order chi connectivity index (χ0) is 17.6. The van der Waals surface area contributed by atoms with Crippen LogP contribution in [0.4, 0.5) is 0 Å². The summed E-state index contributed by atoms with van der Waals surface area (Å²) in [6, 6.07) is 23.2. The van der Waals surface area contributed by atoms with Gasteiger partial charge in [-0.3, -0.25) is 0 Å². The van der Waals surface area contributed by atoms with E-state index in [9.17, 15) is 0 Å². The fourth-order valence-electron chi connectivity index (χ4n) is 2.23. The first kappa shape index (κ1) is 20.2. The maximum Gasteiger partial charge on any atom is 0.0407 e. The van der Waals surface area contributed by atoms with Gasteiger partial charge in [0, 0.05) is 24.1 Å². The molecule has 0 saturated carbocycles. The molecule has 0 bridgehead atoms. The SMILES string of the molecule is BrSc1ccccc1SSc1c(Br)cccc1-c1ccccc1SBr. The minimum Gasteiger partial charge on any atom is -0.0616 e. The Kier molecular flexibility index (Phi) is 8.22. The van der Waals surface area contributed by atoms with Crippen molar-refractivity contribution in [2.75, 3.05) is 0 Å². The molecule has 0 saturated heterocycles. The number of rotatable bonds is 6. The summed E-state index contributed by atoms with van der Waals surface area (Å²) in [7, 11) is 6.76. The van der Waals surface area contributed by atoms with Gasteiger partial charge in [-0.15, -0.1) is 0 Å². The van der Waals surface area contributed by atoms with Gasteiger partial charge >= 0.3 is 0 Å². The van der Waals surface area contributed by atoms with E-state index in [-0.39, 0.29) is 0 Å². The lowest BCUT2D eigenvalue weighted by Gasteiger charge is -2.14. The molecule has 25 heavy (non-hydrogen) atoms. The van der Waals surface area contributed by atoms with Gasteiger partial charge in [0.1, 0.15) is 0 Å². The van der Waals surface area contributed by atoms with Crippen LogP contribution in [-0.4, -0.2) is 0 Å². The summed E-state index contributed by atoms with van der Waals surface area (Å²) in [4.78, 5) is 4.92. The molecule has 3 aromatic rings. The van der Waals surface area contributed by atoms with E-state index < -0.39 is 0 Å². The van der Waals surface area contributed by atoms with E-state index in [0.29, 0.717) is 0 Å². The van der Waals surface area contributed by atoms with Gasteiger partial charge in [-0.05, 0) is 101 Å². The highest BCUT2D eigenvalue weighted by molar-refractivity contribution is 9.50. The summed E-state index contributed by atoms with van der Waals surface area (Å²) in [5, 5.41) is 0. The lowest BCUT2D eigenvalue weighted by Crippen LogP contribution is -1.85. The van der Waals surface area contributed by atoms with Crippen molar-refractivity contribution < 1.29 is 0 Å². The Morgan fingerprint density at radius 1 is 0.560 bits per heavy atom. The summed E-state index contributed by atoms with van der Waals surface area (Å²) >= 11 is 10.8. The van der Waals surface area contributed by atoms with Crippen LogP contribution in [0.25, 0.3) is 11.1 Å². The molecule has 7 heteroatoms. The van der Waals surface area contributed by atoms with Gasteiger partial charge in [0.15, 0.2) is 0 Å². The number of hydrogen-bond acceptors (Lipinski definition) is 4. The minimum atomic E-state index is 1.11. The molecule has 0 N–H and O–H groups in total. The van der Waals surface area contributed by atoms with E-state index in [1.54, 1.807) is 42.0 Å². The Balaban J connectivity index is 1.97. The molecular weight excluding hydrogens is 584 g/mol. The number of hydrogen-bond donors (Lipinski definition) is 0. The predicted octanol–water partition coefficient (Wildman–Crippen LogP) is 9.72. The Morgan fingerprint density at radius 3 is 1.88 bits per heavy atom. The first-order valence-electron chi connectivity index (χ1n) is 7.13. The molecule has 0 aliphatic heterocycles. The first-order valence-corrected chi connectivity index (χ1v) is 15.4. The van der Waals surface area contributed by atoms with Crippen molar-refractivity contribution in [3.05, 3.63) is 71.2 Å². The highest BCUT2D eigenvalue weighted by Crippen LogP contribution is 2.49. The third-order valence-corrected chi connectivity index (χ3v) is 10.1. The second-order valence-electron chi connectivity index (χ2n) is 4.88. The molecule has 0 atom stereocenters. The lowest BCUT2D eigenvalue weighted by atomic mass is 10.1. The Morgan fingerprint density at radius 2 is 1.16 bits per heavy atom. The molecule has 3 rings (SSSR count). The van der Waals surface area contributed by atoms with Crippen molar-refractivity contribution in [2.45, 2.75) is 19.6 Å². The van der Waals surface area contributed by atoms with Crippen LogP contribution in [0.15, 0.2) is 90.8 Å². The van der Waals surface area contributed by atoms with Gasteiger partial charge in [0.25, 0.3) is 0 Å². The van der Waals surface area contributed by atoms with E-state index in [1.807, 2.05) is 0 Å². The fourth-order valence-corrected chi connectivity index (χ4v) is 8.62. The number of benzene rings is 3. The molecule has 3 aromatic carbocycles. The molecule has 0 aliphatic rings. The normalized spacial score (nSPS) is 10.8. The average Bonchev–Trinajstić information content (AvgIpc) is 2.67. The Hall–Kier alpha value is 0.500. The summed E-state index contributed by atoms with van der Waals surface area (Å²) in [6.07, 6.45) is 0. The Labute approximate surface area is 187 Å². The molecule has 0 radical (unpaired) electrons. The van der Waals surface area contributed by atoms with Crippen LogP contribution >= 0.6 is 87.5 Å². The standard InChI is InChI=1S/C18H11Br3S4/c19-14-8-5-7-13(12-6-1-2-9-15(12)22-20)18(14)25-24-17-11-4-3-10-16(17)23-21/h1-11H. The average molecular weight is 595 g/mol. The molecule has 0 spiro atoms. The van der Waals surface area contributed by atoms with E-state index in [4.69, 9.17) is 0 Å². The van der Waals surface area contributed by atoms with Crippen LogP contribution in [0.1, 0.15) is 0 Å². The van der Waals surface area contributed by atoms with Crippen LogP contribution in [0.5, 0.6) is 0 Å². The largest absolute Gasteiger partial charge is 0.0616 e. The zero-order valence-electron chi connectivity index (χ0n) is 12.6. The lowest BCUT2D eigenvalue weighted by molar-refractivity contribution is 1.27. The fraction of sp³-hybridized carbons (Fsp3) is 0. The van der Waals surface area contributed by atoms with Gasteiger partial charge in [-0.2, -0.15) is 0 Å². The topological polar surface area (TPSA) is 0 Å². The monoisotopic (exact) mass is 592 g/mol. The van der Waals surface area contributed by atoms with Crippen LogP contribution in [-0.2, 0) is 0 Å². The van der Waals surface area contributed by atoms with Crippen LogP contribution < -0.4 is 0 Å². The van der Waals surface area contributed by atoms with E-state index in [1.165, 1.54) is 30.7 Å². The summed E-state index contributed by atoms with van der Waals surface area (Å²) in [6.45, 7) is 0. The molecule has 0 nitrogen and oxygen atoms in total. The smallest absolute Gasteiger partial charge is 0.0407 e. The van der Waals surface area contributed by atoms with E-state index in [0.717, 1.165) is 4.47 Å². The van der Waals surface area contributed by atoms with E-state index >= 15 is 0 Å². The third-order valence-electron chi connectivity index (χ3n) is 3.37. The minimum absolute atomic E-state index is 1.11. The molecule has 0 aromatic heterocycles. The van der Waals surface area contributed by atoms with Gasteiger partial charge in [0.05, 0.1) is 0 Å². The van der Waals surface area contributed by atoms with Crippen LogP contribution in [0.3, 0.4) is 0 Å². The van der Waals surface area contributed by atoms with Crippen molar-refractivity contribution in [3.8, 4) is 11.1 Å². The highest BCUT2D eigenvalue weighted by Gasteiger charge is 2.14. The van der Waals surface area contributed by atoms with Crippen molar-refractivity contribution in [1.82, 2.24) is 0 Å². The van der Waals surface area contributed by atoms with E-state index in [2.05, 4.69) is 112 Å².